The van der Waals surface area contributed by atoms with E-state index in [9.17, 15) is 9.59 Å². The summed E-state index contributed by atoms with van der Waals surface area (Å²) in [5, 5.41) is 3.24. The van der Waals surface area contributed by atoms with E-state index in [0.29, 0.717) is 32.6 Å². The highest BCUT2D eigenvalue weighted by Gasteiger charge is 2.30. The Morgan fingerprint density at radius 1 is 1.12 bits per heavy atom. The normalized spacial score (nSPS) is 19.8. The smallest absolute Gasteiger partial charge is 0.227 e. The Hall–Kier alpha value is -1.79. The first-order chi connectivity index (χ1) is 12.2. The first-order valence-electron chi connectivity index (χ1n) is 9.07. The van der Waals surface area contributed by atoms with Crippen LogP contribution >= 0.6 is 12.4 Å². The third-order valence-electron chi connectivity index (χ3n) is 5.14. The molecule has 0 aromatic heterocycles. The molecule has 26 heavy (non-hydrogen) atoms. The van der Waals surface area contributed by atoms with Crippen molar-refractivity contribution in [3.05, 3.63) is 29.8 Å². The highest BCUT2D eigenvalue weighted by Crippen LogP contribution is 2.16. The Labute approximate surface area is 161 Å². The molecule has 7 heteroatoms. The molecule has 1 atom stereocenters. The summed E-state index contributed by atoms with van der Waals surface area (Å²) in [5.74, 6) is 1.37. The maximum absolute atomic E-state index is 12.4. The molecule has 144 valence electrons. The van der Waals surface area contributed by atoms with Crippen molar-refractivity contribution in [1.82, 2.24) is 15.1 Å². The highest BCUT2D eigenvalue weighted by atomic mass is 35.5. The number of aryl methyl sites for hydroxylation is 1. The van der Waals surface area contributed by atoms with Crippen LogP contribution in [-0.4, -0.2) is 68.0 Å². The van der Waals surface area contributed by atoms with E-state index < -0.39 is 0 Å². The number of nitrogens with one attached hydrogen (secondary N) is 1. The molecular formula is C19H28ClN3O3. The van der Waals surface area contributed by atoms with Gasteiger partial charge in [-0.15, -0.1) is 12.4 Å². The first kappa shape index (κ1) is 20.5. The van der Waals surface area contributed by atoms with Crippen LogP contribution in [0.25, 0.3) is 0 Å². The number of rotatable bonds is 5. The molecule has 1 N–H and O–H groups in total. The van der Waals surface area contributed by atoms with Gasteiger partial charge < -0.3 is 19.9 Å². The summed E-state index contributed by atoms with van der Waals surface area (Å²) in [5.41, 5.74) is 1.14. The molecule has 2 aliphatic heterocycles. The molecule has 6 nitrogen and oxygen atoms in total. The minimum atomic E-state index is 0. The number of hydrogen-bond donors (Lipinski definition) is 1. The predicted molar refractivity (Wildman–Crippen MR) is 103 cm³/mol. The summed E-state index contributed by atoms with van der Waals surface area (Å²) in [4.78, 5) is 28.6. The Kier molecular flexibility index (Phi) is 7.72. The molecule has 2 heterocycles. The maximum Gasteiger partial charge on any atom is 0.227 e. The lowest BCUT2D eigenvalue weighted by molar-refractivity contribution is -0.141. The SMILES string of the molecule is COc1ccc(CCC(=O)N2CCN(C(=O)C3CCNC3)CC2)cc1.Cl. The van der Waals surface area contributed by atoms with Gasteiger partial charge in [-0.2, -0.15) is 0 Å². The van der Waals surface area contributed by atoms with Crippen LogP contribution in [-0.2, 0) is 16.0 Å². The van der Waals surface area contributed by atoms with Gasteiger partial charge in [0.2, 0.25) is 11.8 Å². The second-order valence-electron chi connectivity index (χ2n) is 6.74. The van der Waals surface area contributed by atoms with Gasteiger partial charge in [0.25, 0.3) is 0 Å². The average Bonchev–Trinajstić information content (AvgIpc) is 3.21. The summed E-state index contributed by atoms with van der Waals surface area (Å²) < 4.78 is 5.14. The minimum absolute atomic E-state index is 0. The summed E-state index contributed by atoms with van der Waals surface area (Å²) in [6.45, 7) is 4.33. The van der Waals surface area contributed by atoms with Crippen LogP contribution in [0, 0.1) is 5.92 Å². The maximum atomic E-state index is 12.4. The van der Waals surface area contributed by atoms with Crippen LogP contribution in [0.2, 0.25) is 0 Å². The minimum Gasteiger partial charge on any atom is -0.497 e. The number of nitrogens with zero attached hydrogens (tertiary/aromatic N) is 2. The van der Waals surface area contributed by atoms with Gasteiger partial charge in [0.15, 0.2) is 0 Å². The third kappa shape index (κ3) is 5.11. The third-order valence-corrected chi connectivity index (χ3v) is 5.14. The zero-order chi connectivity index (χ0) is 17.6. The number of methoxy groups -OCH3 is 1. The molecule has 0 saturated carbocycles. The molecular weight excluding hydrogens is 354 g/mol. The second-order valence-corrected chi connectivity index (χ2v) is 6.74. The Morgan fingerprint density at radius 3 is 2.35 bits per heavy atom. The van der Waals surface area contributed by atoms with Crippen molar-refractivity contribution in [2.75, 3.05) is 46.4 Å². The van der Waals surface area contributed by atoms with Crippen molar-refractivity contribution in [3.63, 3.8) is 0 Å². The van der Waals surface area contributed by atoms with Gasteiger partial charge in [-0.05, 0) is 37.1 Å². The number of piperazine rings is 1. The summed E-state index contributed by atoms with van der Waals surface area (Å²) in [7, 11) is 1.64. The predicted octanol–water partition coefficient (Wildman–Crippen LogP) is 1.33. The number of hydrogen-bond acceptors (Lipinski definition) is 4. The van der Waals surface area contributed by atoms with Crippen LogP contribution in [0.15, 0.2) is 24.3 Å². The van der Waals surface area contributed by atoms with Gasteiger partial charge >= 0.3 is 0 Å². The fourth-order valence-corrected chi connectivity index (χ4v) is 3.50. The quantitative estimate of drug-likeness (QED) is 0.835. The molecule has 0 spiro atoms. The van der Waals surface area contributed by atoms with Gasteiger partial charge in [0, 0.05) is 39.1 Å². The van der Waals surface area contributed by atoms with Crippen LogP contribution < -0.4 is 10.1 Å². The molecule has 2 saturated heterocycles. The number of amides is 2. The molecule has 2 amide bonds. The fraction of sp³-hybridized carbons (Fsp3) is 0.579. The summed E-state index contributed by atoms with van der Waals surface area (Å²) >= 11 is 0. The molecule has 3 rings (SSSR count). The van der Waals surface area contributed by atoms with E-state index in [1.165, 1.54) is 0 Å². The average molecular weight is 382 g/mol. The summed E-state index contributed by atoms with van der Waals surface area (Å²) in [6, 6.07) is 7.83. The largest absolute Gasteiger partial charge is 0.497 e. The summed E-state index contributed by atoms with van der Waals surface area (Å²) in [6.07, 6.45) is 2.17. The molecule has 0 aliphatic carbocycles. The van der Waals surface area contributed by atoms with Crippen molar-refractivity contribution in [3.8, 4) is 5.75 Å². The number of ether oxygens (including phenoxy) is 1. The van der Waals surface area contributed by atoms with Crippen molar-refractivity contribution in [2.24, 2.45) is 5.92 Å². The molecule has 1 aromatic rings. The van der Waals surface area contributed by atoms with Crippen LogP contribution in [0.5, 0.6) is 5.75 Å². The zero-order valence-corrected chi connectivity index (χ0v) is 16.1. The van der Waals surface area contributed by atoms with Crippen molar-refractivity contribution >= 4 is 24.2 Å². The van der Waals surface area contributed by atoms with Gasteiger partial charge in [0.1, 0.15) is 5.75 Å². The first-order valence-corrected chi connectivity index (χ1v) is 9.07. The van der Waals surface area contributed by atoms with E-state index in [1.807, 2.05) is 34.1 Å². The van der Waals surface area contributed by atoms with Crippen LogP contribution in [0.1, 0.15) is 18.4 Å². The van der Waals surface area contributed by atoms with Gasteiger partial charge in [-0.1, -0.05) is 12.1 Å². The van der Waals surface area contributed by atoms with Crippen molar-refractivity contribution in [2.45, 2.75) is 19.3 Å². The topological polar surface area (TPSA) is 61.9 Å². The second kappa shape index (κ2) is 9.78. The van der Waals surface area contributed by atoms with Gasteiger partial charge in [-0.25, -0.2) is 0 Å². The number of benzene rings is 1. The standard InChI is InChI=1S/C19H27N3O3.ClH/c1-25-17-5-2-15(3-6-17)4-7-18(23)21-10-12-22(13-11-21)19(24)16-8-9-20-14-16;/h2-3,5-6,16,20H,4,7-14H2,1H3;1H. The lowest BCUT2D eigenvalue weighted by atomic mass is 10.1. The molecule has 0 radical (unpaired) electrons. The number of halogens is 1. The Balaban J connectivity index is 0.00000243. The van der Waals surface area contributed by atoms with E-state index in [2.05, 4.69) is 5.32 Å². The van der Waals surface area contributed by atoms with E-state index in [-0.39, 0.29) is 30.1 Å². The highest BCUT2D eigenvalue weighted by molar-refractivity contribution is 5.85. The lowest BCUT2D eigenvalue weighted by Gasteiger charge is -2.36. The van der Waals surface area contributed by atoms with Crippen LogP contribution in [0.4, 0.5) is 0 Å². The van der Waals surface area contributed by atoms with Crippen molar-refractivity contribution < 1.29 is 14.3 Å². The fourth-order valence-electron chi connectivity index (χ4n) is 3.50. The van der Waals surface area contributed by atoms with Gasteiger partial charge in [-0.3, -0.25) is 9.59 Å². The lowest BCUT2D eigenvalue weighted by Crippen LogP contribution is -2.52. The zero-order valence-electron chi connectivity index (χ0n) is 15.3. The van der Waals surface area contributed by atoms with Crippen molar-refractivity contribution in [1.29, 1.82) is 0 Å². The Morgan fingerprint density at radius 2 is 1.77 bits per heavy atom. The van der Waals surface area contributed by atoms with Crippen LogP contribution in [0.3, 0.4) is 0 Å². The molecule has 2 aliphatic rings. The monoisotopic (exact) mass is 381 g/mol. The van der Waals surface area contributed by atoms with E-state index >= 15 is 0 Å². The van der Waals surface area contributed by atoms with E-state index in [1.54, 1.807) is 7.11 Å². The van der Waals surface area contributed by atoms with E-state index in [0.717, 1.165) is 37.2 Å². The van der Waals surface area contributed by atoms with E-state index in [4.69, 9.17) is 4.74 Å². The molecule has 1 unspecified atom stereocenters. The molecule has 2 fully saturated rings. The molecule has 1 aromatic carbocycles. The Bertz CT molecular complexity index is 595. The van der Waals surface area contributed by atoms with Gasteiger partial charge in [0.05, 0.1) is 13.0 Å². The number of carbonyl (C=O) groups excluding carboxylic acids is 2. The molecule has 0 bridgehead atoms. The number of carbonyl (C=O) groups is 2.